The number of nitrogens with zero attached hydrogens (tertiary/aromatic N) is 2. The summed E-state index contributed by atoms with van der Waals surface area (Å²) in [5, 5.41) is 0.726. The molecule has 2 atom stereocenters. The molecular formula is C25H26N2O5. The van der Waals surface area contributed by atoms with Gasteiger partial charge in [-0.3, -0.25) is 9.59 Å². The van der Waals surface area contributed by atoms with Crippen molar-refractivity contribution in [3.8, 4) is 5.75 Å². The van der Waals surface area contributed by atoms with Gasteiger partial charge in [0.15, 0.2) is 0 Å². The largest absolute Gasteiger partial charge is 0.496 e. The first-order chi connectivity index (χ1) is 15.4. The highest BCUT2D eigenvalue weighted by Gasteiger charge is 2.36. The average molecular weight is 434 g/mol. The van der Waals surface area contributed by atoms with Crippen LogP contribution in [0.25, 0.3) is 11.0 Å². The second-order valence-corrected chi connectivity index (χ2v) is 9.01. The summed E-state index contributed by atoms with van der Waals surface area (Å²) < 4.78 is 12.9. The monoisotopic (exact) mass is 434 g/mol. The standard InChI is InChI=1S/C25H26N2O5/c1-14-7-20(31-3)24-15(2)18(25(30)32-21(24)8-14)10-23(29)26-11-16-9-17(13-26)19-5-4-6-22(28)27(19)12-16/h4-8,16-17H,9-13H2,1-3H3/t16-,17-/m1/s1. The molecule has 3 aromatic rings. The van der Waals surface area contributed by atoms with Crippen molar-refractivity contribution in [1.82, 2.24) is 9.47 Å². The van der Waals surface area contributed by atoms with Crippen LogP contribution in [0.15, 0.2) is 44.3 Å². The molecule has 0 radical (unpaired) electrons. The molecule has 166 valence electrons. The van der Waals surface area contributed by atoms with E-state index in [4.69, 9.17) is 9.15 Å². The van der Waals surface area contributed by atoms with E-state index in [1.165, 1.54) is 0 Å². The van der Waals surface area contributed by atoms with Gasteiger partial charge >= 0.3 is 5.63 Å². The number of piperidine rings is 1. The van der Waals surface area contributed by atoms with Crippen LogP contribution in [0, 0.1) is 19.8 Å². The molecule has 1 amide bonds. The summed E-state index contributed by atoms with van der Waals surface area (Å²) in [6.07, 6.45) is 0.961. The second kappa shape index (κ2) is 7.65. The highest BCUT2D eigenvalue weighted by Crippen LogP contribution is 2.35. The van der Waals surface area contributed by atoms with Crippen LogP contribution in [0.3, 0.4) is 0 Å². The second-order valence-electron chi connectivity index (χ2n) is 9.01. The van der Waals surface area contributed by atoms with E-state index in [9.17, 15) is 14.4 Å². The van der Waals surface area contributed by atoms with Gasteiger partial charge in [-0.2, -0.15) is 0 Å². The van der Waals surface area contributed by atoms with Gasteiger partial charge in [0.2, 0.25) is 5.91 Å². The molecule has 2 bridgehead atoms. The number of rotatable bonds is 3. The Labute approximate surface area is 185 Å². The van der Waals surface area contributed by atoms with Crippen molar-refractivity contribution in [3.05, 3.63) is 73.5 Å². The number of pyridine rings is 1. The van der Waals surface area contributed by atoms with Crippen LogP contribution in [-0.4, -0.2) is 35.6 Å². The Bertz CT molecular complexity index is 1350. The lowest BCUT2D eigenvalue weighted by molar-refractivity contribution is -0.133. The molecule has 0 spiro atoms. The van der Waals surface area contributed by atoms with Crippen LogP contribution < -0.4 is 15.9 Å². The molecule has 4 heterocycles. The molecule has 1 saturated heterocycles. The van der Waals surface area contributed by atoms with E-state index in [1.54, 1.807) is 19.2 Å². The maximum absolute atomic E-state index is 13.3. The van der Waals surface area contributed by atoms with Crippen LogP contribution in [0.2, 0.25) is 0 Å². The van der Waals surface area contributed by atoms with Gasteiger partial charge in [-0.25, -0.2) is 4.79 Å². The fraction of sp³-hybridized carbons (Fsp3) is 0.400. The van der Waals surface area contributed by atoms with E-state index in [2.05, 4.69) is 0 Å². The fourth-order valence-corrected chi connectivity index (χ4v) is 5.37. The summed E-state index contributed by atoms with van der Waals surface area (Å²) >= 11 is 0. The van der Waals surface area contributed by atoms with Gasteiger partial charge in [-0.1, -0.05) is 6.07 Å². The van der Waals surface area contributed by atoms with Gasteiger partial charge in [0, 0.05) is 37.3 Å². The minimum Gasteiger partial charge on any atom is -0.496 e. The fourth-order valence-electron chi connectivity index (χ4n) is 5.37. The first kappa shape index (κ1) is 20.5. The predicted octanol–water partition coefficient (Wildman–Crippen LogP) is 2.77. The summed E-state index contributed by atoms with van der Waals surface area (Å²) in [7, 11) is 1.58. The van der Waals surface area contributed by atoms with Crippen LogP contribution in [-0.2, 0) is 17.8 Å². The number of ether oxygens (including phenoxy) is 1. The summed E-state index contributed by atoms with van der Waals surface area (Å²) in [5.41, 5.74) is 3.02. The molecule has 2 aliphatic heterocycles. The third kappa shape index (κ3) is 3.32. The summed E-state index contributed by atoms with van der Waals surface area (Å²) in [6, 6.07) is 9.06. The number of likely N-dealkylation sites (tertiary alicyclic amines) is 1. The number of amides is 1. The Morgan fingerprint density at radius 2 is 1.97 bits per heavy atom. The Morgan fingerprint density at radius 1 is 1.16 bits per heavy atom. The maximum atomic E-state index is 13.3. The number of benzene rings is 1. The summed E-state index contributed by atoms with van der Waals surface area (Å²) in [4.78, 5) is 40.1. The smallest absolute Gasteiger partial charge is 0.340 e. The lowest BCUT2D eigenvalue weighted by Crippen LogP contribution is -2.49. The van der Waals surface area contributed by atoms with Gasteiger partial charge in [-0.05, 0) is 55.5 Å². The topological polar surface area (TPSA) is 81.8 Å². The number of hydrogen-bond donors (Lipinski definition) is 0. The van der Waals surface area contributed by atoms with Crippen molar-refractivity contribution < 1.29 is 13.9 Å². The summed E-state index contributed by atoms with van der Waals surface area (Å²) in [5.74, 6) is 0.914. The molecule has 0 saturated carbocycles. The normalized spacial score (nSPS) is 19.7. The lowest BCUT2D eigenvalue weighted by atomic mass is 9.83. The molecule has 5 rings (SSSR count). The Kier molecular flexibility index (Phi) is 4.92. The van der Waals surface area contributed by atoms with Crippen LogP contribution >= 0.6 is 0 Å². The molecule has 0 N–H and O–H groups in total. The molecular weight excluding hydrogens is 408 g/mol. The molecule has 0 unspecified atom stereocenters. The van der Waals surface area contributed by atoms with E-state index >= 15 is 0 Å². The van der Waals surface area contributed by atoms with Crippen molar-refractivity contribution in [1.29, 1.82) is 0 Å². The Hall–Kier alpha value is -3.35. The van der Waals surface area contributed by atoms with Crippen molar-refractivity contribution >= 4 is 16.9 Å². The van der Waals surface area contributed by atoms with Crippen LogP contribution in [0.1, 0.15) is 34.7 Å². The zero-order valence-electron chi connectivity index (χ0n) is 18.5. The van der Waals surface area contributed by atoms with Gasteiger partial charge in [0.25, 0.3) is 5.56 Å². The van der Waals surface area contributed by atoms with Crippen LogP contribution in [0.4, 0.5) is 0 Å². The minimum atomic E-state index is -0.481. The number of carbonyl (C=O) groups is 1. The van der Waals surface area contributed by atoms with Crippen molar-refractivity contribution in [2.45, 2.75) is 39.2 Å². The zero-order chi connectivity index (χ0) is 22.6. The molecule has 1 aromatic carbocycles. The highest BCUT2D eigenvalue weighted by molar-refractivity contribution is 5.89. The number of aromatic nitrogens is 1. The summed E-state index contributed by atoms with van der Waals surface area (Å²) in [6.45, 7) is 5.53. The number of methoxy groups -OCH3 is 1. The third-order valence-electron chi connectivity index (χ3n) is 6.87. The zero-order valence-corrected chi connectivity index (χ0v) is 18.5. The minimum absolute atomic E-state index is 0.0117. The molecule has 2 aliphatic rings. The molecule has 32 heavy (non-hydrogen) atoms. The van der Waals surface area contributed by atoms with E-state index in [0.717, 1.165) is 28.6 Å². The molecule has 7 nitrogen and oxygen atoms in total. The van der Waals surface area contributed by atoms with E-state index < -0.39 is 5.63 Å². The van der Waals surface area contributed by atoms with E-state index in [0.29, 0.717) is 36.5 Å². The molecule has 7 heteroatoms. The Balaban J connectivity index is 1.45. The van der Waals surface area contributed by atoms with Gasteiger partial charge in [-0.15, -0.1) is 0 Å². The van der Waals surface area contributed by atoms with Gasteiger partial charge < -0.3 is 18.6 Å². The molecule has 1 fully saturated rings. The lowest BCUT2D eigenvalue weighted by Gasteiger charge is -2.42. The van der Waals surface area contributed by atoms with E-state index in [1.807, 2.05) is 41.5 Å². The number of aryl methyl sites for hydroxylation is 2. The van der Waals surface area contributed by atoms with Crippen molar-refractivity contribution in [2.75, 3.05) is 20.2 Å². The highest BCUT2D eigenvalue weighted by atomic mass is 16.5. The number of hydrogen-bond acceptors (Lipinski definition) is 5. The van der Waals surface area contributed by atoms with Gasteiger partial charge in [0.1, 0.15) is 11.3 Å². The van der Waals surface area contributed by atoms with Crippen LogP contribution in [0.5, 0.6) is 5.75 Å². The SMILES string of the molecule is COc1cc(C)cc2oc(=O)c(CC(=O)N3C[C@H]4C[C@H](C3)c3cccc(=O)n3C4)c(C)c12. The number of carbonyl (C=O) groups excluding carboxylic acids is 1. The Morgan fingerprint density at radius 3 is 2.75 bits per heavy atom. The third-order valence-corrected chi connectivity index (χ3v) is 6.87. The molecule has 2 aromatic heterocycles. The van der Waals surface area contributed by atoms with Crippen molar-refractivity contribution in [3.63, 3.8) is 0 Å². The average Bonchev–Trinajstić information content (AvgIpc) is 2.76. The predicted molar refractivity (Wildman–Crippen MR) is 120 cm³/mol. The quantitative estimate of drug-likeness (QED) is 0.592. The van der Waals surface area contributed by atoms with E-state index in [-0.39, 0.29) is 29.7 Å². The van der Waals surface area contributed by atoms with Crippen molar-refractivity contribution in [2.24, 2.45) is 5.92 Å². The molecule has 0 aliphatic carbocycles. The first-order valence-corrected chi connectivity index (χ1v) is 10.9. The first-order valence-electron chi connectivity index (χ1n) is 10.9. The number of fused-ring (bicyclic) bond motifs is 5. The maximum Gasteiger partial charge on any atom is 0.340 e. The van der Waals surface area contributed by atoms with Gasteiger partial charge in [0.05, 0.1) is 24.5 Å².